The van der Waals surface area contributed by atoms with E-state index in [-0.39, 0.29) is 24.5 Å². The van der Waals surface area contributed by atoms with E-state index in [2.05, 4.69) is 9.47 Å². The standard InChI is InChI=1S/C11H18O5/c1-7(2)5-9(12)8(11(14)16-4)6-10(13)15-3/h7-8H,5-6H2,1-4H3/t8-/m1/s1. The highest BCUT2D eigenvalue weighted by Gasteiger charge is 2.30. The second kappa shape index (κ2) is 6.98. The minimum absolute atomic E-state index is 0.136. The van der Waals surface area contributed by atoms with Crippen molar-refractivity contribution in [2.75, 3.05) is 14.2 Å². The molecule has 5 heteroatoms. The molecule has 0 radical (unpaired) electrons. The lowest BCUT2D eigenvalue weighted by atomic mass is 9.93. The topological polar surface area (TPSA) is 69.7 Å². The van der Waals surface area contributed by atoms with E-state index in [4.69, 9.17) is 0 Å². The van der Waals surface area contributed by atoms with Gasteiger partial charge in [-0.25, -0.2) is 0 Å². The van der Waals surface area contributed by atoms with Crippen LogP contribution in [0, 0.1) is 11.8 Å². The molecular weight excluding hydrogens is 212 g/mol. The summed E-state index contributed by atoms with van der Waals surface area (Å²) in [7, 11) is 2.40. The van der Waals surface area contributed by atoms with Gasteiger partial charge in [0, 0.05) is 6.42 Å². The van der Waals surface area contributed by atoms with Crippen molar-refractivity contribution >= 4 is 17.7 Å². The molecule has 0 fully saturated rings. The SMILES string of the molecule is COC(=O)C[C@H](C(=O)CC(C)C)C(=O)OC. The fraction of sp³-hybridized carbons (Fsp3) is 0.727. The van der Waals surface area contributed by atoms with E-state index in [1.165, 1.54) is 14.2 Å². The van der Waals surface area contributed by atoms with Crippen molar-refractivity contribution in [3.63, 3.8) is 0 Å². The minimum Gasteiger partial charge on any atom is -0.469 e. The van der Waals surface area contributed by atoms with E-state index < -0.39 is 17.9 Å². The monoisotopic (exact) mass is 230 g/mol. The zero-order valence-electron chi connectivity index (χ0n) is 10.1. The summed E-state index contributed by atoms with van der Waals surface area (Å²) in [5.41, 5.74) is 0. The summed E-state index contributed by atoms with van der Waals surface area (Å²) >= 11 is 0. The first-order valence-corrected chi connectivity index (χ1v) is 5.09. The third kappa shape index (κ3) is 4.91. The maximum absolute atomic E-state index is 11.7. The van der Waals surface area contributed by atoms with Crippen molar-refractivity contribution in [1.29, 1.82) is 0 Å². The molecule has 0 aromatic carbocycles. The van der Waals surface area contributed by atoms with Crippen LogP contribution >= 0.6 is 0 Å². The highest BCUT2D eigenvalue weighted by atomic mass is 16.5. The van der Waals surface area contributed by atoms with Crippen molar-refractivity contribution in [3.8, 4) is 0 Å². The van der Waals surface area contributed by atoms with Gasteiger partial charge in [-0.3, -0.25) is 14.4 Å². The number of ether oxygens (including phenoxy) is 2. The van der Waals surface area contributed by atoms with Crippen LogP contribution in [-0.2, 0) is 23.9 Å². The molecule has 0 aliphatic rings. The van der Waals surface area contributed by atoms with Gasteiger partial charge in [0.2, 0.25) is 0 Å². The summed E-state index contributed by atoms with van der Waals surface area (Å²) in [6.45, 7) is 3.73. The lowest BCUT2D eigenvalue weighted by molar-refractivity contribution is -0.155. The summed E-state index contributed by atoms with van der Waals surface area (Å²) in [5.74, 6) is -2.46. The number of hydrogen-bond acceptors (Lipinski definition) is 5. The van der Waals surface area contributed by atoms with Gasteiger partial charge in [0.1, 0.15) is 11.7 Å². The number of carbonyl (C=O) groups is 3. The number of hydrogen-bond donors (Lipinski definition) is 0. The van der Waals surface area contributed by atoms with E-state index in [1.54, 1.807) is 0 Å². The predicted molar refractivity (Wildman–Crippen MR) is 56.6 cm³/mol. The fourth-order valence-electron chi connectivity index (χ4n) is 1.27. The van der Waals surface area contributed by atoms with Crippen molar-refractivity contribution < 1.29 is 23.9 Å². The number of Topliss-reactive ketones (excluding diaryl/α,β-unsaturated/α-hetero) is 1. The van der Waals surface area contributed by atoms with Gasteiger partial charge in [-0.15, -0.1) is 0 Å². The van der Waals surface area contributed by atoms with Crippen LogP contribution in [0.15, 0.2) is 0 Å². The molecule has 0 saturated heterocycles. The Morgan fingerprint density at radius 3 is 1.94 bits per heavy atom. The van der Waals surface area contributed by atoms with E-state index >= 15 is 0 Å². The molecular formula is C11H18O5. The molecule has 5 nitrogen and oxygen atoms in total. The van der Waals surface area contributed by atoms with Gasteiger partial charge in [0.05, 0.1) is 20.6 Å². The second-order valence-corrected chi connectivity index (χ2v) is 3.92. The summed E-state index contributed by atoms with van der Waals surface area (Å²) < 4.78 is 8.92. The maximum atomic E-state index is 11.7. The predicted octanol–water partition coefficient (Wildman–Crippen LogP) is 0.954. The molecule has 0 spiro atoms. The number of methoxy groups -OCH3 is 2. The number of rotatable bonds is 6. The molecule has 0 aromatic rings. The molecule has 0 rings (SSSR count). The zero-order valence-corrected chi connectivity index (χ0v) is 10.1. The first-order chi connectivity index (χ1) is 7.42. The minimum atomic E-state index is -1.04. The van der Waals surface area contributed by atoms with Crippen LogP contribution < -0.4 is 0 Å². The molecule has 0 heterocycles. The van der Waals surface area contributed by atoms with Crippen molar-refractivity contribution in [2.45, 2.75) is 26.7 Å². The summed E-state index contributed by atoms with van der Waals surface area (Å²) in [5, 5.41) is 0. The van der Waals surface area contributed by atoms with E-state index in [1.807, 2.05) is 13.8 Å². The zero-order chi connectivity index (χ0) is 12.7. The van der Waals surface area contributed by atoms with E-state index in [9.17, 15) is 14.4 Å². The van der Waals surface area contributed by atoms with E-state index in [0.29, 0.717) is 0 Å². The van der Waals surface area contributed by atoms with Gasteiger partial charge < -0.3 is 9.47 Å². The Balaban J connectivity index is 4.60. The summed E-state index contributed by atoms with van der Waals surface area (Å²) in [4.78, 5) is 34.1. The lowest BCUT2D eigenvalue weighted by Crippen LogP contribution is -2.29. The molecule has 0 aliphatic carbocycles. The Morgan fingerprint density at radius 2 is 1.56 bits per heavy atom. The van der Waals surface area contributed by atoms with Gasteiger partial charge in [0.25, 0.3) is 0 Å². The van der Waals surface area contributed by atoms with Gasteiger partial charge >= 0.3 is 11.9 Å². The smallest absolute Gasteiger partial charge is 0.316 e. The average molecular weight is 230 g/mol. The van der Waals surface area contributed by atoms with Crippen LogP contribution in [0.4, 0.5) is 0 Å². The molecule has 0 unspecified atom stereocenters. The Bertz CT molecular complexity index is 270. The lowest BCUT2D eigenvalue weighted by Gasteiger charge is -2.13. The molecule has 0 saturated carbocycles. The second-order valence-electron chi connectivity index (χ2n) is 3.92. The third-order valence-corrected chi connectivity index (χ3v) is 2.08. The largest absolute Gasteiger partial charge is 0.469 e. The summed E-state index contributed by atoms with van der Waals surface area (Å²) in [6.07, 6.45) is -0.00844. The molecule has 0 N–H and O–H groups in total. The Morgan fingerprint density at radius 1 is 1.00 bits per heavy atom. The average Bonchev–Trinajstić information content (AvgIpc) is 2.23. The highest BCUT2D eigenvalue weighted by Crippen LogP contribution is 2.14. The quantitative estimate of drug-likeness (QED) is 0.502. The fourth-order valence-corrected chi connectivity index (χ4v) is 1.27. The van der Waals surface area contributed by atoms with Crippen LogP contribution in [0.3, 0.4) is 0 Å². The van der Waals surface area contributed by atoms with Gasteiger partial charge in [-0.2, -0.15) is 0 Å². The molecule has 1 atom stereocenters. The van der Waals surface area contributed by atoms with Gasteiger partial charge in [-0.05, 0) is 5.92 Å². The molecule has 16 heavy (non-hydrogen) atoms. The highest BCUT2D eigenvalue weighted by molar-refractivity contribution is 6.01. The van der Waals surface area contributed by atoms with Gasteiger partial charge in [0.15, 0.2) is 0 Å². The molecule has 0 bridgehead atoms. The first kappa shape index (κ1) is 14.6. The number of carbonyl (C=O) groups excluding carboxylic acids is 3. The van der Waals surface area contributed by atoms with Crippen LogP contribution in [0.1, 0.15) is 26.7 Å². The number of ketones is 1. The van der Waals surface area contributed by atoms with E-state index in [0.717, 1.165) is 0 Å². The molecule has 0 amide bonds. The van der Waals surface area contributed by atoms with Crippen LogP contribution in [0.5, 0.6) is 0 Å². The normalized spacial score (nSPS) is 12.1. The molecule has 0 aliphatic heterocycles. The van der Waals surface area contributed by atoms with Crippen LogP contribution in [0.2, 0.25) is 0 Å². The first-order valence-electron chi connectivity index (χ1n) is 5.09. The maximum Gasteiger partial charge on any atom is 0.316 e. The van der Waals surface area contributed by atoms with Crippen LogP contribution in [-0.4, -0.2) is 31.9 Å². The Labute approximate surface area is 95.1 Å². The number of esters is 2. The van der Waals surface area contributed by atoms with Gasteiger partial charge in [-0.1, -0.05) is 13.8 Å². The third-order valence-electron chi connectivity index (χ3n) is 2.08. The molecule has 0 aromatic heterocycles. The van der Waals surface area contributed by atoms with Crippen molar-refractivity contribution in [3.05, 3.63) is 0 Å². The Hall–Kier alpha value is -1.39. The van der Waals surface area contributed by atoms with Crippen molar-refractivity contribution in [2.24, 2.45) is 11.8 Å². The van der Waals surface area contributed by atoms with Crippen molar-refractivity contribution in [1.82, 2.24) is 0 Å². The van der Waals surface area contributed by atoms with Crippen LogP contribution in [0.25, 0.3) is 0 Å². The summed E-state index contributed by atoms with van der Waals surface area (Å²) in [6, 6.07) is 0. The molecule has 92 valence electrons. The Kier molecular flexibility index (Phi) is 6.37.